The van der Waals surface area contributed by atoms with Crippen molar-refractivity contribution in [1.29, 1.82) is 0 Å². The summed E-state index contributed by atoms with van der Waals surface area (Å²) >= 11 is 0. The number of benzene rings is 1. The fourth-order valence-electron chi connectivity index (χ4n) is 6.01. The van der Waals surface area contributed by atoms with Crippen LogP contribution in [0.25, 0.3) is 6.08 Å². The summed E-state index contributed by atoms with van der Waals surface area (Å²) in [6.45, 7) is 9.56. The van der Waals surface area contributed by atoms with Gasteiger partial charge in [0.25, 0.3) is 0 Å². The average Bonchev–Trinajstić information content (AvgIpc) is 2.84. The van der Waals surface area contributed by atoms with Gasteiger partial charge in [0.2, 0.25) is 0 Å². The van der Waals surface area contributed by atoms with Crippen molar-refractivity contribution in [3.8, 4) is 0 Å². The van der Waals surface area contributed by atoms with Crippen LogP contribution >= 0.6 is 0 Å². The molecule has 1 saturated carbocycles. The van der Waals surface area contributed by atoms with E-state index in [-0.39, 0.29) is 23.3 Å². The van der Waals surface area contributed by atoms with Crippen LogP contribution in [0.3, 0.4) is 0 Å². The second kappa shape index (κ2) is 11.4. The highest BCUT2D eigenvalue weighted by molar-refractivity contribution is 5.87. The number of rotatable bonds is 9. The third-order valence-electron chi connectivity index (χ3n) is 8.68. The van der Waals surface area contributed by atoms with Crippen LogP contribution in [0.5, 0.6) is 0 Å². The molecule has 4 nitrogen and oxygen atoms in total. The summed E-state index contributed by atoms with van der Waals surface area (Å²) in [5, 5.41) is 0. The van der Waals surface area contributed by atoms with Crippen molar-refractivity contribution in [1.82, 2.24) is 0 Å². The first-order valence-corrected chi connectivity index (χ1v) is 12.9. The van der Waals surface area contributed by atoms with Crippen molar-refractivity contribution in [3.63, 3.8) is 0 Å². The van der Waals surface area contributed by atoms with Crippen LogP contribution in [0, 0.1) is 28.6 Å². The molecule has 0 aliphatic heterocycles. The van der Waals surface area contributed by atoms with Crippen LogP contribution in [0.15, 0.2) is 48.1 Å². The van der Waals surface area contributed by atoms with Gasteiger partial charge >= 0.3 is 11.9 Å². The van der Waals surface area contributed by atoms with Gasteiger partial charge in [-0.2, -0.15) is 0 Å². The highest BCUT2D eigenvalue weighted by Gasteiger charge is 2.52. The van der Waals surface area contributed by atoms with Crippen molar-refractivity contribution < 1.29 is 19.1 Å². The predicted octanol–water partition coefficient (Wildman–Crippen LogP) is 7.00. The molecular weight excluding hydrogens is 424 g/mol. The highest BCUT2D eigenvalue weighted by atomic mass is 16.5. The minimum atomic E-state index is -0.409. The normalized spacial score (nSPS) is 29.7. The number of allylic oxidation sites excluding steroid dienone is 2. The maximum Gasteiger partial charge on any atom is 0.330 e. The summed E-state index contributed by atoms with van der Waals surface area (Å²) in [4.78, 5) is 24.7. The summed E-state index contributed by atoms with van der Waals surface area (Å²) < 4.78 is 10.7. The summed E-state index contributed by atoms with van der Waals surface area (Å²) in [6.07, 6.45) is 12.8. The lowest BCUT2D eigenvalue weighted by Crippen LogP contribution is -2.47. The zero-order chi connectivity index (χ0) is 24.8. The standard InChI is InChI=1S/C30H42O4/c1-22(18-21-34-27(31)16-14-24-10-7-6-8-11-24)17-20-29(3)23(2)13-15-26-25(29)12-9-19-30(26,4)28(32)33-5/h6-8,10-12,14,16,22-23,26H,9,13,15,17-21H2,1-5H3/b16-14+/t22-,23-,26+,29+,30+/m0/s1. The molecule has 0 N–H and O–H groups in total. The summed E-state index contributed by atoms with van der Waals surface area (Å²) in [5.41, 5.74) is 2.16. The Labute approximate surface area is 205 Å². The molecule has 0 bridgehead atoms. The summed E-state index contributed by atoms with van der Waals surface area (Å²) in [7, 11) is 1.52. The zero-order valence-electron chi connectivity index (χ0n) is 21.6. The maximum atomic E-state index is 12.7. The lowest BCUT2D eigenvalue weighted by atomic mass is 9.51. The SMILES string of the molecule is COC(=O)[C@]1(C)CCC=C2[C@H]1CC[C@H](C)[C@@]2(C)CC[C@H](C)CCOC(=O)/C=C/c1ccccc1. The smallest absolute Gasteiger partial charge is 0.330 e. The van der Waals surface area contributed by atoms with Crippen LogP contribution in [0.2, 0.25) is 0 Å². The van der Waals surface area contributed by atoms with E-state index in [1.54, 1.807) is 6.08 Å². The lowest BCUT2D eigenvalue weighted by molar-refractivity contribution is -0.156. The highest BCUT2D eigenvalue weighted by Crippen LogP contribution is 2.58. The minimum Gasteiger partial charge on any atom is -0.469 e. The Balaban J connectivity index is 1.53. The number of methoxy groups -OCH3 is 1. The molecule has 1 fully saturated rings. The Morgan fingerprint density at radius 1 is 1.15 bits per heavy atom. The Morgan fingerprint density at radius 3 is 2.59 bits per heavy atom. The zero-order valence-corrected chi connectivity index (χ0v) is 21.6. The minimum absolute atomic E-state index is 0.0588. The summed E-state index contributed by atoms with van der Waals surface area (Å²) in [5.74, 6) is 0.981. The van der Waals surface area contributed by atoms with Gasteiger partial charge in [-0.25, -0.2) is 4.79 Å². The molecule has 0 spiro atoms. The lowest BCUT2D eigenvalue weighted by Gasteiger charge is -2.53. The first-order chi connectivity index (χ1) is 16.2. The van der Waals surface area contributed by atoms with Gasteiger partial charge in [0.15, 0.2) is 0 Å². The van der Waals surface area contributed by atoms with Gasteiger partial charge in [-0.15, -0.1) is 0 Å². The van der Waals surface area contributed by atoms with Gasteiger partial charge in [-0.1, -0.05) is 62.8 Å². The van der Waals surface area contributed by atoms with E-state index in [1.165, 1.54) is 18.8 Å². The van der Waals surface area contributed by atoms with E-state index in [1.807, 2.05) is 30.3 Å². The molecule has 2 aliphatic rings. The molecule has 34 heavy (non-hydrogen) atoms. The largest absolute Gasteiger partial charge is 0.469 e. The maximum absolute atomic E-state index is 12.7. The topological polar surface area (TPSA) is 52.6 Å². The van der Waals surface area contributed by atoms with Gasteiger partial charge < -0.3 is 9.47 Å². The fourth-order valence-corrected chi connectivity index (χ4v) is 6.01. The van der Waals surface area contributed by atoms with Crippen LogP contribution in [-0.2, 0) is 19.1 Å². The Morgan fingerprint density at radius 2 is 1.88 bits per heavy atom. The molecule has 3 rings (SSSR count). The van der Waals surface area contributed by atoms with E-state index in [0.717, 1.165) is 50.5 Å². The van der Waals surface area contributed by atoms with Crippen molar-refractivity contribution >= 4 is 18.0 Å². The predicted molar refractivity (Wildman–Crippen MR) is 137 cm³/mol. The third-order valence-corrected chi connectivity index (χ3v) is 8.68. The van der Waals surface area contributed by atoms with Crippen LogP contribution in [0.4, 0.5) is 0 Å². The first kappa shape index (κ1) is 26.2. The molecule has 186 valence electrons. The Hall–Kier alpha value is -2.36. The van der Waals surface area contributed by atoms with Crippen LogP contribution in [-0.4, -0.2) is 25.7 Å². The molecule has 1 aromatic rings. The Bertz CT molecular complexity index is 902. The number of fused-ring (bicyclic) bond motifs is 1. The second-order valence-corrected chi connectivity index (χ2v) is 10.9. The molecule has 0 aromatic heterocycles. The van der Waals surface area contributed by atoms with E-state index >= 15 is 0 Å². The van der Waals surface area contributed by atoms with Crippen molar-refractivity contribution in [2.75, 3.05) is 13.7 Å². The number of carbonyl (C=O) groups is 2. The van der Waals surface area contributed by atoms with Gasteiger partial charge in [0.1, 0.15) is 0 Å². The van der Waals surface area contributed by atoms with Gasteiger partial charge in [0, 0.05) is 6.08 Å². The van der Waals surface area contributed by atoms with E-state index in [4.69, 9.17) is 9.47 Å². The molecule has 0 saturated heterocycles. The molecule has 4 heteroatoms. The summed E-state index contributed by atoms with van der Waals surface area (Å²) in [6, 6.07) is 9.76. The number of carbonyl (C=O) groups excluding carboxylic acids is 2. The second-order valence-electron chi connectivity index (χ2n) is 10.9. The van der Waals surface area contributed by atoms with E-state index in [9.17, 15) is 9.59 Å². The first-order valence-electron chi connectivity index (χ1n) is 12.9. The average molecular weight is 467 g/mol. The van der Waals surface area contributed by atoms with Crippen molar-refractivity contribution in [2.24, 2.45) is 28.6 Å². The van der Waals surface area contributed by atoms with Crippen molar-refractivity contribution in [2.45, 2.75) is 72.6 Å². The fraction of sp³-hybridized carbons (Fsp3) is 0.600. The van der Waals surface area contributed by atoms with Gasteiger partial charge in [-0.05, 0) is 86.7 Å². The Kier molecular flexibility index (Phi) is 8.78. The molecule has 0 unspecified atom stereocenters. The molecular formula is C30H42O4. The van der Waals surface area contributed by atoms with Gasteiger partial charge in [-0.3, -0.25) is 4.79 Å². The number of hydrogen-bond acceptors (Lipinski definition) is 4. The van der Waals surface area contributed by atoms with E-state index in [0.29, 0.717) is 18.4 Å². The van der Waals surface area contributed by atoms with Crippen LogP contribution < -0.4 is 0 Å². The van der Waals surface area contributed by atoms with E-state index in [2.05, 4.69) is 33.8 Å². The van der Waals surface area contributed by atoms with Crippen LogP contribution in [0.1, 0.15) is 78.2 Å². The monoisotopic (exact) mass is 466 g/mol. The third kappa shape index (κ3) is 5.82. The molecule has 1 aromatic carbocycles. The molecule has 2 aliphatic carbocycles. The van der Waals surface area contributed by atoms with Crippen molar-refractivity contribution in [3.05, 3.63) is 53.6 Å². The molecule has 0 heterocycles. The number of hydrogen-bond donors (Lipinski definition) is 0. The van der Waals surface area contributed by atoms with E-state index < -0.39 is 5.41 Å². The quantitative estimate of drug-likeness (QED) is 0.223. The number of ether oxygens (including phenoxy) is 2. The number of esters is 2. The molecule has 5 atom stereocenters. The molecule has 0 radical (unpaired) electrons. The van der Waals surface area contributed by atoms with Gasteiger partial charge in [0.05, 0.1) is 19.1 Å². The molecule has 0 amide bonds.